The van der Waals surface area contributed by atoms with Crippen LogP contribution in [0.4, 0.5) is 0 Å². The Balaban J connectivity index is 1.59. The second-order valence-electron chi connectivity index (χ2n) is 5.96. The van der Waals surface area contributed by atoms with Crippen LogP contribution in [0.5, 0.6) is 11.5 Å². The van der Waals surface area contributed by atoms with Crippen molar-refractivity contribution in [3.05, 3.63) is 35.4 Å². The summed E-state index contributed by atoms with van der Waals surface area (Å²) in [5.41, 5.74) is 2.79. The van der Waals surface area contributed by atoms with Crippen LogP contribution in [-0.2, 0) is 6.54 Å². The number of hydrogen-bond donors (Lipinski definition) is 2. The predicted molar refractivity (Wildman–Crippen MR) is 95.3 cm³/mol. The first kappa shape index (κ1) is 17.8. The maximum Gasteiger partial charge on any atom is 0.127 e. The smallest absolute Gasteiger partial charge is 0.127 e. The van der Waals surface area contributed by atoms with Crippen LogP contribution in [0, 0.1) is 0 Å². The van der Waals surface area contributed by atoms with Crippen molar-refractivity contribution in [3.63, 3.8) is 0 Å². The summed E-state index contributed by atoms with van der Waals surface area (Å²) in [7, 11) is 3.36. The molecule has 0 unspecified atom stereocenters. The molecule has 0 atom stereocenters. The van der Waals surface area contributed by atoms with E-state index in [-0.39, 0.29) is 0 Å². The van der Waals surface area contributed by atoms with Crippen molar-refractivity contribution in [2.75, 3.05) is 33.9 Å². The van der Waals surface area contributed by atoms with E-state index in [1.54, 1.807) is 19.8 Å². The molecule has 0 heterocycles. The second kappa shape index (κ2) is 10.3. The highest BCUT2D eigenvalue weighted by molar-refractivity contribution is 5.40. The Bertz CT molecular complexity index is 500. The van der Waals surface area contributed by atoms with Crippen molar-refractivity contribution < 1.29 is 9.47 Å². The van der Waals surface area contributed by atoms with Gasteiger partial charge in [0.25, 0.3) is 0 Å². The zero-order valence-corrected chi connectivity index (χ0v) is 14.5. The van der Waals surface area contributed by atoms with Gasteiger partial charge in [-0.05, 0) is 44.7 Å². The molecule has 1 aromatic rings. The lowest BCUT2D eigenvalue weighted by Crippen LogP contribution is -2.28. The number of benzene rings is 1. The minimum absolute atomic E-state index is 0.806. The highest BCUT2D eigenvalue weighted by Gasteiger charge is 2.05. The van der Waals surface area contributed by atoms with Crippen molar-refractivity contribution >= 4 is 0 Å². The Morgan fingerprint density at radius 1 is 1.00 bits per heavy atom. The van der Waals surface area contributed by atoms with Crippen LogP contribution in [0.2, 0.25) is 0 Å². The molecule has 1 aliphatic rings. The average molecular weight is 318 g/mol. The summed E-state index contributed by atoms with van der Waals surface area (Å²) >= 11 is 0. The first-order chi connectivity index (χ1) is 11.3. The van der Waals surface area contributed by atoms with Gasteiger partial charge in [-0.1, -0.05) is 17.7 Å². The molecular formula is C19H30N2O2. The summed E-state index contributed by atoms with van der Waals surface area (Å²) in [5.74, 6) is 1.69. The minimum atomic E-state index is 0.806. The van der Waals surface area contributed by atoms with E-state index < -0.39 is 0 Å². The third-order valence-electron chi connectivity index (χ3n) is 4.30. The fourth-order valence-electron chi connectivity index (χ4n) is 2.90. The molecule has 4 nitrogen and oxygen atoms in total. The molecule has 0 aliphatic heterocycles. The molecule has 0 bridgehead atoms. The van der Waals surface area contributed by atoms with Crippen LogP contribution >= 0.6 is 0 Å². The number of rotatable bonds is 10. The number of nitrogens with one attached hydrogen (secondary N) is 2. The second-order valence-corrected chi connectivity index (χ2v) is 5.96. The van der Waals surface area contributed by atoms with Crippen molar-refractivity contribution in [2.45, 2.75) is 38.6 Å². The van der Waals surface area contributed by atoms with Gasteiger partial charge in [-0.2, -0.15) is 0 Å². The van der Waals surface area contributed by atoms with Gasteiger partial charge in [-0.3, -0.25) is 0 Å². The topological polar surface area (TPSA) is 42.5 Å². The summed E-state index contributed by atoms with van der Waals surface area (Å²) < 4.78 is 10.6. The highest BCUT2D eigenvalue weighted by Crippen LogP contribution is 2.24. The zero-order valence-electron chi connectivity index (χ0n) is 14.5. The molecule has 0 spiro atoms. The largest absolute Gasteiger partial charge is 0.497 e. The van der Waals surface area contributed by atoms with Gasteiger partial charge in [0.05, 0.1) is 14.2 Å². The van der Waals surface area contributed by atoms with Crippen molar-refractivity contribution in [1.29, 1.82) is 0 Å². The third-order valence-corrected chi connectivity index (χ3v) is 4.30. The van der Waals surface area contributed by atoms with E-state index in [1.165, 1.54) is 32.1 Å². The van der Waals surface area contributed by atoms with E-state index in [9.17, 15) is 0 Å². The van der Waals surface area contributed by atoms with E-state index >= 15 is 0 Å². The van der Waals surface area contributed by atoms with Crippen molar-refractivity contribution in [3.8, 4) is 11.5 Å². The van der Waals surface area contributed by atoms with Crippen LogP contribution < -0.4 is 20.1 Å². The maximum atomic E-state index is 5.41. The van der Waals surface area contributed by atoms with Gasteiger partial charge < -0.3 is 20.1 Å². The van der Waals surface area contributed by atoms with E-state index in [1.807, 2.05) is 18.2 Å². The lowest BCUT2D eigenvalue weighted by atomic mass is 9.97. The van der Waals surface area contributed by atoms with E-state index in [4.69, 9.17) is 9.47 Å². The lowest BCUT2D eigenvalue weighted by molar-refractivity contribution is 0.390. The van der Waals surface area contributed by atoms with Crippen LogP contribution in [0.25, 0.3) is 0 Å². The Hall–Kier alpha value is -1.52. The van der Waals surface area contributed by atoms with Gasteiger partial charge in [0.15, 0.2) is 0 Å². The number of methoxy groups -OCH3 is 2. The first-order valence-corrected chi connectivity index (χ1v) is 8.63. The molecule has 2 N–H and O–H groups in total. The molecule has 0 radical (unpaired) electrons. The molecule has 1 aromatic carbocycles. The summed E-state index contributed by atoms with van der Waals surface area (Å²) in [5, 5.41) is 6.97. The van der Waals surface area contributed by atoms with Crippen molar-refractivity contribution in [1.82, 2.24) is 10.6 Å². The summed E-state index contributed by atoms with van der Waals surface area (Å²) in [6.45, 7) is 3.83. The molecule has 2 rings (SSSR count). The minimum Gasteiger partial charge on any atom is -0.497 e. The molecule has 4 heteroatoms. The fourth-order valence-corrected chi connectivity index (χ4v) is 2.90. The van der Waals surface area contributed by atoms with Gasteiger partial charge >= 0.3 is 0 Å². The highest BCUT2D eigenvalue weighted by atomic mass is 16.5. The Morgan fingerprint density at radius 3 is 2.61 bits per heavy atom. The standard InChI is InChI=1S/C19H30N2O2/c1-22-18-9-8-17(19(14-18)23-2)15-21-13-12-20-11-10-16-6-4-3-5-7-16/h6,8-9,14,20-21H,3-5,7,10-13,15H2,1-2H3. The quantitative estimate of drug-likeness (QED) is 0.513. The molecule has 128 valence electrons. The van der Waals surface area contributed by atoms with Crippen LogP contribution in [0.15, 0.2) is 29.8 Å². The zero-order chi connectivity index (χ0) is 16.3. The van der Waals surface area contributed by atoms with Crippen molar-refractivity contribution in [2.24, 2.45) is 0 Å². The summed E-state index contributed by atoms with van der Waals surface area (Å²) in [6, 6.07) is 5.94. The molecule has 0 aromatic heterocycles. The molecule has 1 aliphatic carbocycles. The summed E-state index contributed by atoms with van der Waals surface area (Å²) in [4.78, 5) is 0. The molecule has 0 saturated heterocycles. The van der Waals surface area contributed by atoms with Gasteiger partial charge in [0.2, 0.25) is 0 Å². The van der Waals surface area contributed by atoms with Gasteiger partial charge in [0, 0.05) is 31.3 Å². The van der Waals surface area contributed by atoms with Gasteiger partial charge in [0.1, 0.15) is 11.5 Å². The molecule has 0 fully saturated rings. The summed E-state index contributed by atoms with van der Waals surface area (Å²) in [6.07, 6.45) is 8.95. The number of hydrogen-bond acceptors (Lipinski definition) is 4. The first-order valence-electron chi connectivity index (χ1n) is 8.63. The molecule has 23 heavy (non-hydrogen) atoms. The third kappa shape index (κ3) is 6.24. The molecule has 0 saturated carbocycles. The number of ether oxygens (including phenoxy) is 2. The molecule has 0 amide bonds. The van der Waals surface area contributed by atoms with E-state index in [0.717, 1.165) is 43.2 Å². The van der Waals surface area contributed by atoms with Crippen LogP contribution in [0.3, 0.4) is 0 Å². The SMILES string of the molecule is COc1ccc(CNCCNCCC2=CCCCC2)c(OC)c1. The van der Waals surface area contributed by atoms with E-state index in [0.29, 0.717) is 0 Å². The normalized spacial score (nSPS) is 14.4. The lowest BCUT2D eigenvalue weighted by Gasteiger charge is -2.13. The Kier molecular flexibility index (Phi) is 7.98. The van der Waals surface area contributed by atoms with E-state index in [2.05, 4.69) is 16.7 Å². The maximum absolute atomic E-state index is 5.41. The predicted octanol–water partition coefficient (Wildman–Crippen LogP) is 3.27. The fraction of sp³-hybridized carbons (Fsp3) is 0.579. The van der Waals surface area contributed by atoms with Gasteiger partial charge in [-0.25, -0.2) is 0 Å². The monoisotopic (exact) mass is 318 g/mol. The average Bonchev–Trinajstić information content (AvgIpc) is 2.61. The van der Waals surface area contributed by atoms with Crippen LogP contribution in [-0.4, -0.2) is 33.9 Å². The number of allylic oxidation sites excluding steroid dienone is 1. The Labute approximate surface area is 140 Å². The van der Waals surface area contributed by atoms with Crippen LogP contribution in [0.1, 0.15) is 37.7 Å². The van der Waals surface area contributed by atoms with Gasteiger partial charge in [-0.15, -0.1) is 0 Å². The Morgan fingerprint density at radius 2 is 1.87 bits per heavy atom. The molecular weight excluding hydrogens is 288 g/mol.